The average molecular weight is 276 g/mol. The van der Waals surface area contributed by atoms with Crippen LogP contribution < -0.4 is 20.1 Å². The van der Waals surface area contributed by atoms with Crippen molar-refractivity contribution in [3.63, 3.8) is 0 Å². The highest BCUT2D eigenvalue weighted by Crippen LogP contribution is 2.26. The molecule has 1 saturated heterocycles. The molecule has 0 aliphatic carbocycles. The largest absolute Gasteiger partial charge is 0.497 e. The zero-order valence-electron chi connectivity index (χ0n) is 10.9. The Hall–Kier alpha value is -2.83. The number of barbiturate groups is 1. The fourth-order valence-electron chi connectivity index (χ4n) is 1.70. The number of imide groups is 2. The topological polar surface area (TPSA) is 93.7 Å². The number of amides is 4. The van der Waals surface area contributed by atoms with E-state index in [-0.39, 0.29) is 5.57 Å². The number of benzene rings is 1. The Morgan fingerprint density at radius 3 is 2.20 bits per heavy atom. The van der Waals surface area contributed by atoms with Gasteiger partial charge in [-0.3, -0.25) is 20.2 Å². The van der Waals surface area contributed by atoms with Gasteiger partial charge in [0.15, 0.2) is 0 Å². The van der Waals surface area contributed by atoms with Crippen LogP contribution in [0.5, 0.6) is 11.5 Å². The number of carbonyl (C=O) groups excluding carboxylic acids is 3. The van der Waals surface area contributed by atoms with Crippen LogP contribution in [0.25, 0.3) is 6.08 Å². The first-order valence-electron chi connectivity index (χ1n) is 5.65. The van der Waals surface area contributed by atoms with E-state index in [1.54, 1.807) is 18.2 Å². The quantitative estimate of drug-likeness (QED) is 0.617. The molecule has 104 valence electrons. The van der Waals surface area contributed by atoms with E-state index >= 15 is 0 Å². The van der Waals surface area contributed by atoms with Crippen LogP contribution in [-0.4, -0.2) is 32.1 Å². The number of urea groups is 1. The monoisotopic (exact) mass is 276 g/mol. The summed E-state index contributed by atoms with van der Waals surface area (Å²) in [6.45, 7) is 0. The molecule has 1 heterocycles. The smallest absolute Gasteiger partial charge is 0.328 e. The number of hydrogen-bond acceptors (Lipinski definition) is 5. The van der Waals surface area contributed by atoms with Gasteiger partial charge in [-0.1, -0.05) is 0 Å². The number of nitrogens with one attached hydrogen (secondary N) is 2. The summed E-state index contributed by atoms with van der Waals surface area (Å²) in [7, 11) is 2.97. The lowest BCUT2D eigenvalue weighted by Crippen LogP contribution is -2.51. The molecular weight excluding hydrogens is 264 g/mol. The van der Waals surface area contributed by atoms with Gasteiger partial charge in [0.25, 0.3) is 11.8 Å². The second kappa shape index (κ2) is 5.43. The second-order valence-electron chi connectivity index (χ2n) is 3.90. The molecule has 0 saturated carbocycles. The lowest BCUT2D eigenvalue weighted by molar-refractivity contribution is -0.123. The highest BCUT2D eigenvalue weighted by molar-refractivity contribution is 6.31. The van der Waals surface area contributed by atoms with E-state index in [9.17, 15) is 14.4 Å². The van der Waals surface area contributed by atoms with E-state index in [4.69, 9.17) is 9.47 Å². The summed E-state index contributed by atoms with van der Waals surface area (Å²) in [6, 6.07) is 4.09. The van der Waals surface area contributed by atoms with Crippen LogP contribution in [-0.2, 0) is 9.59 Å². The number of carbonyl (C=O) groups is 3. The summed E-state index contributed by atoms with van der Waals surface area (Å²) < 4.78 is 10.2. The summed E-state index contributed by atoms with van der Waals surface area (Å²) in [4.78, 5) is 34.2. The first-order valence-corrected chi connectivity index (χ1v) is 5.65. The number of hydrogen-bond donors (Lipinski definition) is 2. The molecule has 1 aliphatic heterocycles. The van der Waals surface area contributed by atoms with Crippen molar-refractivity contribution in [2.75, 3.05) is 14.2 Å². The predicted molar refractivity (Wildman–Crippen MR) is 69.2 cm³/mol. The molecule has 20 heavy (non-hydrogen) atoms. The van der Waals surface area contributed by atoms with Crippen molar-refractivity contribution in [1.29, 1.82) is 0 Å². The Labute approximate surface area is 114 Å². The molecule has 7 heteroatoms. The van der Waals surface area contributed by atoms with Gasteiger partial charge < -0.3 is 9.47 Å². The predicted octanol–water partition coefficient (Wildman–Crippen LogP) is 0.453. The van der Waals surface area contributed by atoms with Gasteiger partial charge in [-0.15, -0.1) is 0 Å². The van der Waals surface area contributed by atoms with Crippen molar-refractivity contribution in [3.05, 3.63) is 29.3 Å². The Kier molecular flexibility index (Phi) is 3.69. The molecule has 4 amide bonds. The Morgan fingerprint density at radius 2 is 1.65 bits per heavy atom. The van der Waals surface area contributed by atoms with Crippen LogP contribution in [0.1, 0.15) is 5.56 Å². The summed E-state index contributed by atoms with van der Waals surface area (Å²) >= 11 is 0. The molecule has 7 nitrogen and oxygen atoms in total. The third-order valence-corrected chi connectivity index (χ3v) is 2.68. The van der Waals surface area contributed by atoms with Gasteiger partial charge in [-0.2, -0.15) is 0 Å². The molecule has 1 aliphatic rings. The maximum atomic E-state index is 11.6. The lowest BCUT2D eigenvalue weighted by atomic mass is 10.1. The zero-order valence-corrected chi connectivity index (χ0v) is 10.9. The van der Waals surface area contributed by atoms with Gasteiger partial charge in [0, 0.05) is 11.6 Å². The standard InChI is InChI=1S/C13H12N2O5/c1-19-8-4-3-7(10(6-8)20-2)5-9-11(16)14-13(18)15-12(9)17/h3-6H,1-2H3,(H2,14,15,16,17,18). The molecule has 1 aromatic rings. The van der Waals surface area contributed by atoms with Crippen LogP contribution in [0.3, 0.4) is 0 Å². The summed E-state index contributed by atoms with van der Waals surface area (Å²) in [6.07, 6.45) is 1.34. The van der Waals surface area contributed by atoms with Crippen LogP contribution in [0.2, 0.25) is 0 Å². The van der Waals surface area contributed by atoms with E-state index in [0.29, 0.717) is 17.1 Å². The van der Waals surface area contributed by atoms with E-state index in [1.807, 2.05) is 10.6 Å². The van der Waals surface area contributed by atoms with Crippen LogP contribution in [0, 0.1) is 0 Å². The van der Waals surface area contributed by atoms with Crippen molar-refractivity contribution >= 4 is 23.9 Å². The number of rotatable bonds is 3. The molecule has 1 aromatic carbocycles. The highest BCUT2D eigenvalue weighted by Gasteiger charge is 2.27. The van der Waals surface area contributed by atoms with Crippen molar-refractivity contribution in [1.82, 2.24) is 10.6 Å². The molecule has 0 radical (unpaired) electrons. The minimum atomic E-state index is -0.834. The Morgan fingerprint density at radius 1 is 1.00 bits per heavy atom. The molecular formula is C13H12N2O5. The van der Waals surface area contributed by atoms with Crippen LogP contribution in [0.15, 0.2) is 23.8 Å². The van der Waals surface area contributed by atoms with Gasteiger partial charge in [-0.05, 0) is 18.2 Å². The minimum absolute atomic E-state index is 0.173. The van der Waals surface area contributed by atoms with Crippen LogP contribution >= 0.6 is 0 Å². The highest BCUT2D eigenvalue weighted by atomic mass is 16.5. The fraction of sp³-hybridized carbons (Fsp3) is 0.154. The zero-order chi connectivity index (χ0) is 14.7. The van der Waals surface area contributed by atoms with Gasteiger partial charge in [0.1, 0.15) is 17.1 Å². The molecule has 0 atom stereocenters. The number of methoxy groups -OCH3 is 2. The average Bonchev–Trinajstić information content (AvgIpc) is 2.42. The first kappa shape index (κ1) is 13.6. The van der Waals surface area contributed by atoms with Crippen molar-refractivity contribution in [2.45, 2.75) is 0 Å². The molecule has 0 spiro atoms. The van der Waals surface area contributed by atoms with Crippen molar-refractivity contribution in [2.24, 2.45) is 0 Å². The summed E-state index contributed by atoms with van der Waals surface area (Å²) in [5.74, 6) is -0.487. The summed E-state index contributed by atoms with van der Waals surface area (Å²) in [5, 5.41) is 3.99. The normalized spacial score (nSPS) is 14.5. The van der Waals surface area contributed by atoms with Gasteiger partial charge in [0.05, 0.1) is 14.2 Å². The molecule has 0 bridgehead atoms. The first-order chi connectivity index (χ1) is 9.55. The lowest BCUT2D eigenvalue weighted by Gasteiger charge is -2.14. The third kappa shape index (κ3) is 2.61. The Bertz CT molecular complexity index is 599. The van der Waals surface area contributed by atoms with Crippen molar-refractivity contribution in [3.8, 4) is 11.5 Å². The molecule has 2 N–H and O–H groups in total. The van der Waals surface area contributed by atoms with Gasteiger partial charge >= 0.3 is 6.03 Å². The van der Waals surface area contributed by atoms with Crippen LogP contribution in [0.4, 0.5) is 4.79 Å². The Balaban J connectivity index is 2.41. The van der Waals surface area contributed by atoms with Gasteiger partial charge in [-0.25, -0.2) is 4.79 Å². The molecule has 2 rings (SSSR count). The van der Waals surface area contributed by atoms with E-state index in [1.165, 1.54) is 20.3 Å². The molecule has 0 unspecified atom stereocenters. The molecule has 0 aromatic heterocycles. The fourth-order valence-corrected chi connectivity index (χ4v) is 1.70. The third-order valence-electron chi connectivity index (χ3n) is 2.68. The van der Waals surface area contributed by atoms with E-state index < -0.39 is 17.8 Å². The maximum absolute atomic E-state index is 11.6. The number of ether oxygens (including phenoxy) is 2. The van der Waals surface area contributed by atoms with Crippen molar-refractivity contribution < 1.29 is 23.9 Å². The van der Waals surface area contributed by atoms with Gasteiger partial charge in [0.2, 0.25) is 0 Å². The maximum Gasteiger partial charge on any atom is 0.328 e. The minimum Gasteiger partial charge on any atom is -0.497 e. The second-order valence-corrected chi connectivity index (χ2v) is 3.90. The SMILES string of the molecule is COc1ccc(C=C2C(=O)NC(=O)NC2=O)c(OC)c1. The van der Waals surface area contributed by atoms with E-state index in [2.05, 4.69) is 0 Å². The molecule has 1 fully saturated rings. The van der Waals surface area contributed by atoms with E-state index in [0.717, 1.165) is 0 Å². The summed E-state index contributed by atoms with van der Waals surface area (Å²) in [5.41, 5.74) is 0.344.